The van der Waals surface area contributed by atoms with Crippen molar-refractivity contribution in [2.24, 2.45) is 0 Å². The highest BCUT2D eigenvalue weighted by atomic mass is 32.2. The van der Waals surface area contributed by atoms with Crippen molar-refractivity contribution >= 4 is 21.4 Å². The van der Waals surface area contributed by atoms with Crippen molar-refractivity contribution in [1.29, 1.82) is 0 Å². The summed E-state index contributed by atoms with van der Waals surface area (Å²) in [6.07, 6.45) is 0. The van der Waals surface area contributed by atoms with Crippen LogP contribution in [0, 0.1) is 13.8 Å². The Kier molecular flexibility index (Phi) is 5.36. The second kappa shape index (κ2) is 7.99. The minimum absolute atomic E-state index is 0.0692. The number of amides is 1. The molecule has 31 heavy (non-hydrogen) atoms. The normalized spacial score (nSPS) is 13.4. The number of rotatable bonds is 4. The molecule has 0 spiro atoms. The SMILES string of the molecule is Cc1ccc(S(=O)(=O)c2ccc(=O)n(CC(=O)N3CCOc4ccc(C)cc43)n2)cc1. The van der Waals surface area contributed by atoms with Crippen LogP contribution in [0.15, 0.2) is 69.3 Å². The van der Waals surface area contributed by atoms with Crippen molar-refractivity contribution in [3.05, 3.63) is 76.1 Å². The summed E-state index contributed by atoms with van der Waals surface area (Å²) < 4.78 is 32.3. The predicted molar refractivity (Wildman–Crippen MR) is 114 cm³/mol. The molecular formula is C22H21N3O5S. The number of nitrogens with zero attached hydrogens (tertiary/aromatic N) is 3. The van der Waals surface area contributed by atoms with Gasteiger partial charge in [0, 0.05) is 6.07 Å². The quantitative estimate of drug-likeness (QED) is 0.618. The average molecular weight is 439 g/mol. The van der Waals surface area contributed by atoms with Gasteiger partial charge in [0.25, 0.3) is 5.56 Å². The largest absolute Gasteiger partial charge is 0.490 e. The van der Waals surface area contributed by atoms with Gasteiger partial charge in [-0.2, -0.15) is 5.10 Å². The average Bonchev–Trinajstić information content (AvgIpc) is 2.75. The number of hydrogen-bond donors (Lipinski definition) is 0. The lowest BCUT2D eigenvalue weighted by atomic mass is 10.1. The molecule has 9 heteroatoms. The van der Waals surface area contributed by atoms with E-state index in [0.29, 0.717) is 24.6 Å². The third kappa shape index (κ3) is 4.09. The van der Waals surface area contributed by atoms with Gasteiger partial charge in [0.2, 0.25) is 15.7 Å². The maximum atomic E-state index is 13.0. The second-order valence-corrected chi connectivity index (χ2v) is 9.25. The molecule has 0 bridgehead atoms. The molecule has 0 fully saturated rings. The molecular weight excluding hydrogens is 418 g/mol. The highest BCUT2D eigenvalue weighted by molar-refractivity contribution is 7.91. The second-order valence-electron chi connectivity index (χ2n) is 7.35. The minimum atomic E-state index is -3.93. The Morgan fingerprint density at radius 1 is 1.03 bits per heavy atom. The Morgan fingerprint density at radius 2 is 1.74 bits per heavy atom. The fraction of sp³-hybridized carbons (Fsp3) is 0.227. The number of benzene rings is 2. The predicted octanol–water partition coefficient (Wildman–Crippen LogP) is 2.12. The highest BCUT2D eigenvalue weighted by Crippen LogP contribution is 2.32. The molecule has 8 nitrogen and oxygen atoms in total. The molecule has 0 N–H and O–H groups in total. The van der Waals surface area contributed by atoms with Crippen LogP contribution >= 0.6 is 0 Å². The van der Waals surface area contributed by atoms with Crippen LogP contribution in [0.5, 0.6) is 5.75 Å². The highest BCUT2D eigenvalue weighted by Gasteiger charge is 2.26. The maximum absolute atomic E-state index is 13.0. The Morgan fingerprint density at radius 3 is 2.48 bits per heavy atom. The van der Waals surface area contributed by atoms with Gasteiger partial charge in [-0.05, 0) is 49.7 Å². The zero-order valence-corrected chi connectivity index (χ0v) is 17.9. The van der Waals surface area contributed by atoms with E-state index in [4.69, 9.17) is 4.74 Å². The van der Waals surface area contributed by atoms with Crippen molar-refractivity contribution in [3.8, 4) is 5.75 Å². The molecule has 2 aromatic carbocycles. The summed E-state index contributed by atoms with van der Waals surface area (Å²) in [5.74, 6) is 0.204. The van der Waals surface area contributed by atoms with Crippen LogP contribution < -0.4 is 15.2 Å². The first kappa shape index (κ1) is 20.8. The summed E-state index contributed by atoms with van der Waals surface area (Å²) in [5.41, 5.74) is 1.94. The van der Waals surface area contributed by atoms with E-state index < -0.39 is 15.4 Å². The molecule has 0 saturated carbocycles. The lowest BCUT2D eigenvalue weighted by Gasteiger charge is -2.30. The molecule has 0 atom stereocenters. The van der Waals surface area contributed by atoms with Crippen molar-refractivity contribution in [3.63, 3.8) is 0 Å². The van der Waals surface area contributed by atoms with Crippen LogP contribution in [0.4, 0.5) is 5.69 Å². The van der Waals surface area contributed by atoms with Gasteiger partial charge in [0.05, 0.1) is 17.1 Å². The maximum Gasteiger partial charge on any atom is 0.267 e. The molecule has 2 heterocycles. The number of hydrogen-bond acceptors (Lipinski definition) is 6. The van der Waals surface area contributed by atoms with Crippen molar-refractivity contribution in [2.45, 2.75) is 30.3 Å². The van der Waals surface area contributed by atoms with Crippen molar-refractivity contribution < 1.29 is 17.9 Å². The van der Waals surface area contributed by atoms with Crippen LogP contribution in [0.3, 0.4) is 0 Å². The zero-order chi connectivity index (χ0) is 22.2. The number of carbonyl (C=O) groups is 1. The molecule has 0 radical (unpaired) electrons. The summed E-state index contributed by atoms with van der Waals surface area (Å²) in [6.45, 7) is 4.02. The number of carbonyl (C=O) groups excluding carboxylic acids is 1. The monoisotopic (exact) mass is 439 g/mol. The third-order valence-corrected chi connectivity index (χ3v) is 6.67. The molecule has 1 aliphatic rings. The standard InChI is InChI=1S/C22H21N3O5S/c1-15-3-6-17(7-4-15)31(28,29)20-9-10-21(26)25(23-20)14-22(27)24-11-12-30-19-8-5-16(2)13-18(19)24/h3-10,13H,11-12,14H2,1-2H3. The van der Waals surface area contributed by atoms with Crippen LogP contribution in [0.25, 0.3) is 0 Å². The van der Waals surface area contributed by atoms with E-state index >= 15 is 0 Å². The minimum Gasteiger partial charge on any atom is -0.490 e. The summed E-state index contributed by atoms with van der Waals surface area (Å²) >= 11 is 0. The molecule has 0 saturated heterocycles. The molecule has 3 aromatic rings. The summed E-state index contributed by atoms with van der Waals surface area (Å²) in [7, 11) is -3.93. The fourth-order valence-electron chi connectivity index (χ4n) is 3.33. The van der Waals surface area contributed by atoms with E-state index in [2.05, 4.69) is 5.10 Å². The van der Waals surface area contributed by atoms with Crippen LogP contribution in [-0.2, 0) is 21.2 Å². The first-order valence-corrected chi connectivity index (χ1v) is 11.2. The first-order chi connectivity index (χ1) is 14.8. The van der Waals surface area contributed by atoms with E-state index in [9.17, 15) is 18.0 Å². The number of fused-ring (bicyclic) bond motifs is 1. The van der Waals surface area contributed by atoms with Gasteiger partial charge in [-0.15, -0.1) is 0 Å². The molecule has 0 unspecified atom stereocenters. The van der Waals surface area contributed by atoms with Crippen LogP contribution in [0.1, 0.15) is 11.1 Å². The Bertz CT molecular complexity index is 1310. The molecule has 0 aliphatic carbocycles. The number of aryl methyl sites for hydroxylation is 2. The van der Waals surface area contributed by atoms with Gasteiger partial charge >= 0.3 is 0 Å². The van der Waals surface area contributed by atoms with Gasteiger partial charge in [-0.25, -0.2) is 13.1 Å². The first-order valence-electron chi connectivity index (χ1n) is 9.69. The van der Waals surface area contributed by atoms with Gasteiger partial charge in [-0.1, -0.05) is 23.8 Å². The van der Waals surface area contributed by atoms with Crippen LogP contribution in [0.2, 0.25) is 0 Å². The topological polar surface area (TPSA) is 98.6 Å². The Balaban J connectivity index is 1.65. The van der Waals surface area contributed by atoms with Crippen LogP contribution in [-0.4, -0.2) is 37.3 Å². The number of sulfone groups is 1. The number of ether oxygens (including phenoxy) is 1. The Hall–Kier alpha value is -3.46. The van der Waals surface area contributed by atoms with Gasteiger partial charge in [-0.3, -0.25) is 9.59 Å². The lowest BCUT2D eigenvalue weighted by Crippen LogP contribution is -2.42. The van der Waals surface area contributed by atoms with Crippen molar-refractivity contribution in [1.82, 2.24) is 9.78 Å². The molecule has 4 rings (SSSR count). The number of anilines is 1. The summed E-state index contributed by atoms with van der Waals surface area (Å²) in [5, 5.41) is 3.70. The van der Waals surface area contributed by atoms with Gasteiger partial charge < -0.3 is 9.64 Å². The smallest absolute Gasteiger partial charge is 0.267 e. The third-order valence-electron chi connectivity index (χ3n) is 5.01. The van der Waals surface area contributed by atoms with E-state index in [-0.39, 0.29) is 22.4 Å². The van der Waals surface area contributed by atoms with Gasteiger partial charge in [0.1, 0.15) is 18.9 Å². The summed E-state index contributed by atoms with van der Waals surface area (Å²) in [4.78, 5) is 26.9. The molecule has 160 valence electrons. The Labute approximate surface area is 179 Å². The fourth-order valence-corrected chi connectivity index (χ4v) is 4.51. The van der Waals surface area contributed by atoms with E-state index in [1.54, 1.807) is 18.2 Å². The van der Waals surface area contributed by atoms with E-state index in [1.807, 2.05) is 26.0 Å². The zero-order valence-electron chi connectivity index (χ0n) is 17.1. The molecule has 1 amide bonds. The van der Waals surface area contributed by atoms with Crippen molar-refractivity contribution in [2.75, 3.05) is 18.1 Å². The lowest BCUT2D eigenvalue weighted by molar-refractivity contribution is -0.119. The number of aromatic nitrogens is 2. The molecule has 1 aliphatic heterocycles. The molecule has 1 aromatic heterocycles. The van der Waals surface area contributed by atoms with E-state index in [0.717, 1.165) is 27.9 Å². The van der Waals surface area contributed by atoms with E-state index in [1.165, 1.54) is 17.0 Å². The van der Waals surface area contributed by atoms with Gasteiger partial charge in [0.15, 0.2) is 5.03 Å². The summed E-state index contributed by atoms with van der Waals surface area (Å²) in [6, 6.07) is 14.1.